The number of hydrogen-bond acceptors (Lipinski definition) is 3. The molecule has 1 amide bonds. The van der Waals surface area contributed by atoms with Crippen molar-refractivity contribution < 1.29 is 18.4 Å². The van der Waals surface area contributed by atoms with Crippen LogP contribution in [0.25, 0.3) is 0 Å². The standard InChI is InChI=1S/C5H10F2N2O2/c1-3(5(6)7)9-11-2-4(8)10/h3,5,9H,2H2,1H3,(H2,8,10). The Morgan fingerprint density at radius 3 is 2.64 bits per heavy atom. The van der Waals surface area contributed by atoms with E-state index >= 15 is 0 Å². The minimum atomic E-state index is -2.53. The van der Waals surface area contributed by atoms with E-state index in [4.69, 9.17) is 0 Å². The molecule has 0 aromatic heterocycles. The predicted octanol–water partition coefficient (Wildman–Crippen LogP) is -0.354. The largest absolute Gasteiger partial charge is 0.368 e. The molecule has 3 N–H and O–H groups in total. The maximum absolute atomic E-state index is 11.7. The van der Waals surface area contributed by atoms with Crippen molar-refractivity contribution in [2.75, 3.05) is 6.61 Å². The van der Waals surface area contributed by atoms with Crippen LogP contribution in [0, 0.1) is 0 Å². The number of nitrogens with two attached hydrogens (primary N) is 1. The number of amides is 1. The second-order valence-corrected chi connectivity index (χ2v) is 2.00. The average Bonchev–Trinajstić information content (AvgIpc) is 1.86. The Hall–Kier alpha value is -0.750. The topological polar surface area (TPSA) is 64.3 Å². The van der Waals surface area contributed by atoms with Gasteiger partial charge in [-0.2, -0.15) is 5.48 Å². The fourth-order valence-electron chi connectivity index (χ4n) is 0.296. The van der Waals surface area contributed by atoms with E-state index in [0.717, 1.165) is 0 Å². The van der Waals surface area contributed by atoms with Gasteiger partial charge in [-0.05, 0) is 6.92 Å². The molecule has 0 spiro atoms. The van der Waals surface area contributed by atoms with Gasteiger partial charge in [0.25, 0.3) is 6.43 Å². The van der Waals surface area contributed by atoms with Crippen molar-refractivity contribution in [3.8, 4) is 0 Å². The molecule has 0 aromatic carbocycles. The molecule has 0 saturated carbocycles. The van der Waals surface area contributed by atoms with Gasteiger partial charge in [0.1, 0.15) is 6.61 Å². The first-order chi connectivity index (χ1) is 5.04. The molecule has 0 saturated heterocycles. The Bertz CT molecular complexity index is 132. The molecule has 0 radical (unpaired) electrons. The van der Waals surface area contributed by atoms with Gasteiger partial charge in [0, 0.05) is 0 Å². The number of alkyl halides is 2. The summed E-state index contributed by atoms with van der Waals surface area (Å²) in [5.41, 5.74) is 6.63. The van der Waals surface area contributed by atoms with E-state index < -0.39 is 25.0 Å². The first-order valence-electron chi connectivity index (χ1n) is 2.97. The highest BCUT2D eigenvalue weighted by Crippen LogP contribution is 1.98. The van der Waals surface area contributed by atoms with Gasteiger partial charge in [-0.1, -0.05) is 0 Å². The minimum Gasteiger partial charge on any atom is -0.368 e. The van der Waals surface area contributed by atoms with Gasteiger partial charge in [-0.25, -0.2) is 8.78 Å². The molecule has 0 fully saturated rings. The van der Waals surface area contributed by atoms with Crippen molar-refractivity contribution in [1.29, 1.82) is 0 Å². The molecule has 66 valence electrons. The van der Waals surface area contributed by atoms with E-state index in [-0.39, 0.29) is 0 Å². The van der Waals surface area contributed by atoms with Crippen LogP contribution in [-0.4, -0.2) is 25.0 Å². The summed E-state index contributed by atoms with van der Waals surface area (Å²) in [4.78, 5) is 14.3. The van der Waals surface area contributed by atoms with Crippen molar-refractivity contribution in [2.45, 2.75) is 19.4 Å². The molecule has 0 heterocycles. The van der Waals surface area contributed by atoms with Gasteiger partial charge < -0.3 is 5.73 Å². The molecule has 4 nitrogen and oxygen atoms in total. The third-order valence-electron chi connectivity index (χ3n) is 0.862. The monoisotopic (exact) mass is 168 g/mol. The van der Waals surface area contributed by atoms with Gasteiger partial charge in [0.2, 0.25) is 5.91 Å². The maximum atomic E-state index is 11.7. The van der Waals surface area contributed by atoms with E-state index in [1.54, 1.807) is 0 Å². The second-order valence-electron chi connectivity index (χ2n) is 2.00. The summed E-state index contributed by atoms with van der Waals surface area (Å²) in [5, 5.41) is 0. The molecule has 11 heavy (non-hydrogen) atoms. The van der Waals surface area contributed by atoms with Crippen LogP contribution in [0.1, 0.15) is 6.92 Å². The Kier molecular flexibility index (Phi) is 4.64. The summed E-state index contributed by atoms with van der Waals surface area (Å²) in [5.74, 6) is -0.709. The summed E-state index contributed by atoms with van der Waals surface area (Å²) in [6, 6.07) is -1.10. The van der Waals surface area contributed by atoms with Gasteiger partial charge in [-0.3, -0.25) is 9.63 Å². The first kappa shape index (κ1) is 10.2. The highest BCUT2D eigenvalue weighted by molar-refractivity contribution is 5.74. The van der Waals surface area contributed by atoms with Gasteiger partial charge in [0.15, 0.2) is 0 Å². The molecular weight excluding hydrogens is 158 g/mol. The van der Waals surface area contributed by atoms with Crippen molar-refractivity contribution in [3.63, 3.8) is 0 Å². The van der Waals surface area contributed by atoms with E-state index in [0.29, 0.717) is 0 Å². The zero-order valence-corrected chi connectivity index (χ0v) is 6.01. The smallest absolute Gasteiger partial charge is 0.255 e. The summed E-state index contributed by atoms with van der Waals surface area (Å²) < 4.78 is 23.4. The molecule has 0 aliphatic rings. The zero-order valence-electron chi connectivity index (χ0n) is 6.01. The van der Waals surface area contributed by atoms with Crippen LogP contribution < -0.4 is 11.2 Å². The SMILES string of the molecule is CC(NOCC(N)=O)C(F)F. The number of carbonyl (C=O) groups excluding carboxylic acids is 1. The Labute approximate surface area is 62.6 Å². The zero-order chi connectivity index (χ0) is 8.85. The molecule has 0 aliphatic carbocycles. The Morgan fingerprint density at radius 2 is 2.27 bits per heavy atom. The molecule has 1 atom stereocenters. The number of halogens is 2. The number of carbonyl (C=O) groups is 1. The lowest BCUT2D eigenvalue weighted by atomic mass is 10.4. The number of hydrogen-bond donors (Lipinski definition) is 2. The van der Waals surface area contributed by atoms with Crippen molar-refractivity contribution >= 4 is 5.91 Å². The van der Waals surface area contributed by atoms with E-state index in [1.165, 1.54) is 6.92 Å². The van der Waals surface area contributed by atoms with Gasteiger partial charge in [0.05, 0.1) is 6.04 Å². The number of rotatable bonds is 5. The fourth-order valence-corrected chi connectivity index (χ4v) is 0.296. The maximum Gasteiger partial charge on any atom is 0.255 e. The lowest BCUT2D eigenvalue weighted by Gasteiger charge is -2.10. The van der Waals surface area contributed by atoms with Crippen LogP contribution >= 0.6 is 0 Å². The fraction of sp³-hybridized carbons (Fsp3) is 0.800. The normalized spacial score (nSPS) is 13.5. The summed E-state index contributed by atoms with van der Waals surface area (Å²) in [6.07, 6.45) is -2.53. The molecule has 0 rings (SSSR count). The summed E-state index contributed by atoms with van der Waals surface area (Å²) >= 11 is 0. The number of hydroxylamine groups is 1. The van der Waals surface area contributed by atoms with E-state index in [1.807, 2.05) is 5.48 Å². The van der Waals surface area contributed by atoms with Gasteiger partial charge >= 0.3 is 0 Å². The first-order valence-corrected chi connectivity index (χ1v) is 2.97. The van der Waals surface area contributed by atoms with Gasteiger partial charge in [-0.15, -0.1) is 0 Å². The lowest BCUT2D eigenvalue weighted by molar-refractivity contribution is -0.127. The van der Waals surface area contributed by atoms with Crippen molar-refractivity contribution in [2.24, 2.45) is 5.73 Å². The number of primary amides is 1. The van der Waals surface area contributed by atoms with Crippen molar-refractivity contribution in [3.05, 3.63) is 0 Å². The van der Waals surface area contributed by atoms with Crippen LogP contribution in [0.4, 0.5) is 8.78 Å². The number of nitrogens with one attached hydrogen (secondary N) is 1. The highest BCUT2D eigenvalue weighted by atomic mass is 19.3. The predicted molar refractivity (Wildman–Crippen MR) is 33.7 cm³/mol. The van der Waals surface area contributed by atoms with E-state index in [2.05, 4.69) is 10.6 Å². The molecule has 0 aliphatic heterocycles. The molecule has 6 heteroatoms. The van der Waals surface area contributed by atoms with Crippen LogP contribution in [0.15, 0.2) is 0 Å². The molecule has 1 unspecified atom stereocenters. The lowest BCUT2D eigenvalue weighted by Crippen LogP contribution is -2.35. The van der Waals surface area contributed by atoms with E-state index in [9.17, 15) is 13.6 Å². The Morgan fingerprint density at radius 1 is 1.73 bits per heavy atom. The quantitative estimate of drug-likeness (QED) is 0.551. The van der Waals surface area contributed by atoms with Crippen LogP contribution in [0.5, 0.6) is 0 Å². The molecule has 0 aromatic rings. The second kappa shape index (κ2) is 4.97. The molecule has 0 bridgehead atoms. The molecular formula is C5H10F2N2O2. The minimum absolute atomic E-state index is 0.406. The highest BCUT2D eigenvalue weighted by Gasteiger charge is 2.13. The average molecular weight is 168 g/mol. The van der Waals surface area contributed by atoms with Crippen LogP contribution in [0.2, 0.25) is 0 Å². The summed E-state index contributed by atoms with van der Waals surface area (Å²) in [7, 11) is 0. The third kappa shape index (κ3) is 5.68. The van der Waals surface area contributed by atoms with Crippen LogP contribution in [-0.2, 0) is 9.63 Å². The van der Waals surface area contributed by atoms with Crippen molar-refractivity contribution in [1.82, 2.24) is 5.48 Å². The summed E-state index contributed by atoms with van der Waals surface area (Å²) in [6.45, 7) is 0.822. The Balaban J connectivity index is 3.31. The van der Waals surface area contributed by atoms with Crippen LogP contribution in [0.3, 0.4) is 0 Å². The third-order valence-corrected chi connectivity index (χ3v) is 0.862.